The lowest BCUT2D eigenvalue weighted by atomic mass is 9.98. The molecule has 1 aliphatic rings. The van der Waals surface area contributed by atoms with Gasteiger partial charge in [0.25, 0.3) is 0 Å². The SMILES string of the molecule is Cc1ccc(CN2CC(CN(C)Cc3ccc(-c4cncnc4)cc3)C2)cc1. The Kier molecular flexibility index (Phi) is 5.79. The smallest absolute Gasteiger partial charge is 0.115 e. The first-order valence-corrected chi connectivity index (χ1v) is 9.96. The van der Waals surface area contributed by atoms with Gasteiger partial charge in [-0.1, -0.05) is 54.1 Å². The van der Waals surface area contributed by atoms with Gasteiger partial charge >= 0.3 is 0 Å². The molecule has 1 aliphatic heterocycles. The maximum absolute atomic E-state index is 4.09. The fourth-order valence-electron chi connectivity index (χ4n) is 3.94. The average Bonchev–Trinajstić information content (AvgIpc) is 2.69. The van der Waals surface area contributed by atoms with Crippen LogP contribution in [-0.4, -0.2) is 46.4 Å². The summed E-state index contributed by atoms with van der Waals surface area (Å²) in [6.45, 7) is 7.75. The zero-order valence-electron chi connectivity index (χ0n) is 16.8. The van der Waals surface area contributed by atoms with Crippen LogP contribution >= 0.6 is 0 Å². The number of benzene rings is 2. The van der Waals surface area contributed by atoms with Gasteiger partial charge in [-0.25, -0.2) is 9.97 Å². The van der Waals surface area contributed by atoms with Crippen LogP contribution < -0.4 is 0 Å². The van der Waals surface area contributed by atoms with Crippen LogP contribution in [0.15, 0.2) is 67.3 Å². The lowest BCUT2D eigenvalue weighted by Gasteiger charge is -2.41. The van der Waals surface area contributed by atoms with Crippen LogP contribution in [0.5, 0.6) is 0 Å². The molecule has 4 heteroatoms. The maximum atomic E-state index is 4.09. The van der Waals surface area contributed by atoms with E-state index in [1.165, 1.54) is 29.8 Å². The molecule has 0 N–H and O–H groups in total. The van der Waals surface area contributed by atoms with Gasteiger partial charge in [0, 0.05) is 50.7 Å². The van der Waals surface area contributed by atoms with Crippen molar-refractivity contribution in [1.82, 2.24) is 19.8 Å². The van der Waals surface area contributed by atoms with Crippen LogP contribution in [0.25, 0.3) is 11.1 Å². The van der Waals surface area contributed by atoms with Crippen LogP contribution in [0.3, 0.4) is 0 Å². The molecule has 1 saturated heterocycles. The topological polar surface area (TPSA) is 32.3 Å². The predicted octanol–water partition coefficient (Wildman–Crippen LogP) is 4.02. The fourth-order valence-corrected chi connectivity index (χ4v) is 3.94. The number of hydrogen-bond donors (Lipinski definition) is 0. The summed E-state index contributed by atoms with van der Waals surface area (Å²) in [6.07, 6.45) is 5.27. The Morgan fingerprint density at radius 1 is 0.893 bits per heavy atom. The molecule has 3 aromatic rings. The van der Waals surface area contributed by atoms with Crippen LogP contribution in [-0.2, 0) is 13.1 Å². The lowest BCUT2D eigenvalue weighted by Crippen LogP contribution is -2.50. The Balaban J connectivity index is 1.22. The first kappa shape index (κ1) is 18.8. The minimum absolute atomic E-state index is 0.774. The molecule has 0 radical (unpaired) electrons. The average molecular weight is 373 g/mol. The fraction of sp³-hybridized carbons (Fsp3) is 0.333. The zero-order chi connectivity index (χ0) is 19.3. The normalized spacial score (nSPS) is 15.0. The van der Waals surface area contributed by atoms with E-state index in [-0.39, 0.29) is 0 Å². The van der Waals surface area contributed by atoms with E-state index in [0.29, 0.717) is 0 Å². The molecule has 0 bridgehead atoms. The summed E-state index contributed by atoms with van der Waals surface area (Å²) >= 11 is 0. The van der Waals surface area contributed by atoms with Crippen molar-refractivity contribution in [1.29, 1.82) is 0 Å². The minimum Gasteiger partial charge on any atom is -0.302 e. The van der Waals surface area contributed by atoms with E-state index in [1.54, 1.807) is 6.33 Å². The lowest BCUT2D eigenvalue weighted by molar-refractivity contribution is 0.0658. The van der Waals surface area contributed by atoms with Crippen molar-refractivity contribution in [3.8, 4) is 11.1 Å². The van der Waals surface area contributed by atoms with Gasteiger partial charge in [0.2, 0.25) is 0 Å². The van der Waals surface area contributed by atoms with Crippen molar-refractivity contribution >= 4 is 0 Å². The van der Waals surface area contributed by atoms with E-state index < -0.39 is 0 Å². The summed E-state index contributed by atoms with van der Waals surface area (Å²) in [5, 5.41) is 0. The summed E-state index contributed by atoms with van der Waals surface area (Å²) in [5.41, 5.74) is 6.32. The molecule has 144 valence electrons. The molecule has 1 fully saturated rings. The predicted molar refractivity (Wildman–Crippen MR) is 114 cm³/mol. The largest absolute Gasteiger partial charge is 0.302 e. The molecule has 2 aromatic carbocycles. The van der Waals surface area contributed by atoms with Gasteiger partial charge in [-0.05, 0) is 36.6 Å². The van der Waals surface area contributed by atoms with E-state index in [2.05, 4.69) is 82.3 Å². The Labute approximate surface area is 167 Å². The highest BCUT2D eigenvalue weighted by atomic mass is 15.2. The molecule has 28 heavy (non-hydrogen) atoms. The van der Waals surface area contributed by atoms with Crippen molar-refractivity contribution in [3.63, 3.8) is 0 Å². The minimum atomic E-state index is 0.774. The highest BCUT2D eigenvalue weighted by Gasteiger charge is 2.27. The van der Waals surface area contributed by atoms with Gasteiger partial charge < -0.3 is 4.90 Å². The molecule has 4 nitrogen and oxygen atoms in total. The van der Waals surface area contributed by atoms with Gasteiger partial charge in [0.1, 0.15) is 6.33 Å². The molecule has 0 atom stereocenters. The molecule has 1 aromatic heterocycles. The van der Waals surface area contributed by atoms with Gasteiger partial charge in [0.15, 0.2) is 0 Å². The van der Waals surface area contributed by atoms with E-state index in [0.717, 1.165) is 36.7 Å². The van der Waals surface area contributed by atoms with Crippen molar-refractivity contribution in [2.45, 2.75) is 20.0 Å². The van der Waals surface area contributed by atoms with Gasteiger partial charge in [0.05, 0.1) is 0 Å². The van der Waals surface area contributed by atoms with E-state index in [1.807, 2.05) is 12.4 Å². The van der Waals surface area contributed by atoms with Crippen LogP contribution in [0.1, 0.15) is 16.7 Å². The first-order valence-electron chi connectivity index (χ1n) is 9.96. The first-order chi connectivity index (χ1) is 13.7. The summed E-state index contributed by atoms with van der Waals surface area (Å²) in [4.78, 5) is 13.2. The Morgan fingerprint density at radius 3 is 2.21 bits per heavy atom. The van der Waals surface area contributed by atoms with Crippen LogP contribution in [0, 0.1) is 12.8 Å². The quantitative estimate of drug-likeness (QED) is 0.627. The maximum Gasteiger partial charge on any atom is 0.115 e. The molecular weight excluding hydrogens is 344 g/mol. The van der Waals surface area contributed by atoms with Gasteiger partial charge in [-0.3, -0.25) is 4.90 Å². The van der Waals surface area contributed by atoms with E-state index in [9.17, 15) is 0 Å². The molecule has 0 aliphatic carbocycles. The van der Waals surface area contributed by atoms with Crippen LogP contribution in [0.2, 0.25) is 0 Å². The molecular formula is C24H28N4. The van der Waals surface area contributed by atoms with Crippen molar-refractivity contribution in [2.24, 2.45) is 5.92 Å². The van der Waals surface area contributed by atoms with E-state index >= 15 is 0 Å². The molecule has 0 amide bonds. The molecule has 2 heterocycles. The second-order valence-electron chi connectivity index (χ2n) is 8.07. The number of likely N-dealkylation sites (tertiary alicyclic amines) is 1. The highest BCUT2D eigenvalue weighted by Crippen LogP contribution is 2.21. The van der Waals surface area contributed by atoms with Gasteiger partial charge in [-0.2, -0.15) is 0 Å². The summed E-state index contributed by atoms with van der Waals surface area (Å²) in [7, 11) is 2.22. The third-order valence-electron chi connectivity index (χ3n) is 5.43. The summed E-state index contributed by atoms with van der Waals surface area (Å²) in [6, 6.07) is 17.7. The zero-order valence-corrected chi connectivity index (χ0v) is 16.8. The van der Waals surface area contributed by atoms with E-state index in [4.69, 9.17) is 0 Å². The number of aryl methyl sites for hydroxylation is 1. The standard InChI is InChI=1S/C24H28N4/c1-19-3-5-21(6-4-19)15-28-16-22(17-28)14-27(2)13-20-7-9-23(10-8-20)24-11-25-18-26-12-24/h3-12,18,22H,13-17H2,1-2H3. The Bertz CT molecular complexity index is 869. The summed E-state index contributed by atoms with van der Waals surface area (Å²) < 4.78 is 0. The highest BCUT2D eigenvalue weighted by molar-refractivity contribution is 5.61. The Morgan fingerprint density at radius 2 is 1.54 bits per heavy atom. The molecule has 0 saturated carbocycles. The molecule has 0 spiro atoms. The van der Waals surface area contributed by atoms with Crippen molar-refractivity contribution < 1.29 is 0 Å². The number of nitrogens with zero attached hydrogens (tertiary/aromatic N) is 4. The third kappa shape index (κ3) is 4.83. The third-order valence-corrected chi connectivity index (χ3v) is 5.43. The van der Waals surface area contributed by atoms with Crippen molar-refractivity contribution in [2.75, 3.05) is 26.7 Å². The Hall–Kier alpha value is -2.56. The second-order valence-corrected chi connectivity index (χ2v) is 8.07. The number of rotatable bonds is 7. The molecule has 4 rings (SSSR count). The number of hydrogen-bond acceptors (Lipinski definition) is 4. The second kappa shape index (κ2) is 8.63. The molecule has 0 unspecified atom stereocenters. The monoisotopic (exact) mass is 372 g/mol. The number of aromatic nitrogens is 2. The van der Waals surface area contributed by atoms with Gasteiger partial charge in [-0.15, -0.1) is 0 Å². The van der Waals surface area contributed by atoms with Crippen molar-refractivity contribution in [3.05, 3.63) is 83.9 Å². The van der Waals surface area contributed by atoms with Crippen LogP contribution in [0.4, 0.5) is 0 Å². The summed E-state index contributed by atoms with van der Waals surface area (Å²) in [5.74, 6) is 0.774.